The highest BCUT2D eigenvalue weighted by atomic mass is 16.6. The van der Waals surface area contributed by atoms with Gasteiger partial charge in [-0.3, -0.25) is 14.9 Å². The van der Waals surface area contributed by atoms with Crippen LogP contribution in [0.1, 0.15) is 16.8 Å². The number of nitro groups is 1. The first kappa shape index (κ1) is 14.2. The minimum atomic E-state index is -1.30. The Morgan fingerprint density at radius 3 is 2.63 bits per heavy atom. The zero-order valence-electron chi connectivity index (χ0n) is 9.70. The lowest BCUT2D eigenvalue weighted by Gasteiger charge is -2.11. The Kier molecular flexibility index (Phi) is 4.60. The number of amides is 1. The third kappa shape index (κ3) is 3.54. The van der Waals surface area contributed by atoms with Crippen molar-refractivity contribution in [3.63, 3.8) is 0 Å². The molecule has 0 saturated carbocycles. The van der Waals surface area contributed by atoms with Gasteiger partial charge in [0, 0.05) is 12.5 Å². The SMILES string of the molecule is C#CCC(NC(=O)c1ccccc1[N+](=O)[O-])C(=O)O. The number of aliphatic carboxylic acids is 1. The zero-order valence-corrected chi connectivity index (χ0v) is 9.70. The van der Waals surface area contributed by atoms with Crippen LogP contribution in [0.4, 0.5) is 5.69 Å². The molecule has 0 aliphatic rings. The van der Waals surface area contributed by atoms with E-state index in [1.54, 1.807) is 0 Å². The molecule has 98 valence electrons. The average Bonchev–Trinajstić information content (AvgIpc) is 2.37. The van der Waals surface area contributed by atoms with Crippen LogP contribution < -0.4 is 5.32 Å². The van der Waals surface area contributed by atoms with Crippen molar-refractivity contribution >= 4 is 17.6 Å². The summed E-state index contributed by atoms with van der Waals surface area (Å²) >= 11 is 0. The minimum Gasteiger partial charge on any atom is -0.480 e. The predicted octanol–water partition coefficient (Wildman–Crippen LogP) is 0.801. The molecule has 0 aliphatic heterocycles. The number of carboxylic acids is 1. The Labute approximate surface area is 108 Å². The van der Waals surface area contributed by atoms with Crippen LogP contribution in [-0.4, -0.2) is 27.9 Å². The summed E-state index contributed by atoms with van der Waals surface area (Å²) in [5, 5.41) is 21.7. The molecule has 0 fully saturated rings. The Balaban J connectivity index is 2.98. The molecule has 1 unspecified atom stereocenters. The van der Waals surface area contributed by atoms with Gasteiger partial charge >= 0.3 is 5.97 Å². The van der Waals surface area contributed by atoms with E-state index >= 15 is 0 Å². The van der Waals surface area contributed by atoms with Gasteiger partial charge in [0.15, 0.2) is 0 Å². The second-order valence-electron chi connectivity index (χ2n) is 3.55. The Morgan fingerprint density at radius 1 is 1.47 bits per heavy atom. The second-order valence-corrected chi connectivity index (χ2v) is 3.55. The van der Waals surface area contributed by atoms with Crippen molar-refractivity contribution in [1.29, 1.82) is 0 Å². The fraction of sp³-hybridized carbons (Fsp3) is 0.167. The Morgan fingerprint density at radius 2 is 2.11 bits per heavy atom. The molecule has 0 aromatic heterocycles. The van der Waals surface area contributed by atoms with Gasteiger partial charge in [-0.05, 0) is 6.07 Å². The molecule has 1 amide bonds. The third-order valence-corrected chi connectivity index (χ3v) is 2.27. The Bertz CT molecular complexity index is 561. The summed E-state index contributed by atoms with van der Waals surface area (Å²) in [6.45, 7) is 0. The van der Waals surface area contributed by atoms with E-state index in [1.807, 2.05) is 0 Å². The molecule has 0 heterocycles. The smallest absolute Gasteiger partial charge is 0.327 e. The van der Waals surface area contributed by atoms with Crippen LogP contribution in [0.2, 0.25) is 0 Å². The highest BCUT2D eigenvalue weighted by Gasteiger charge is 2.24. The molecule has 0 radical (unpaired) electrons. The number of hydrogen-bond acceptors (Lipinski definition) is 4. The van der Waals surface area contributed by atoms with E-state index in [4.69, 9.17) is 11.5 Å². The molecule has 0 saturated heterocycles. The van der Waals surface area contributed by atoms with Crippen molar-refractivity contribution in [2.45, 2.75) is 12.5 Å². The minimum absolute atomic E-state index is 0.207. The number of carbonyl (C=O) groups is 2. The van der Waals surface area contributed by atoms with E-state index in [0.29, 0.717) is 0 Å². The average molecular weight is 262 g/mol. The summed E-state index contributed by atoms with van der Waals surface area (Å²) in [4.78, 5) is 32.7. The molecule has 2 N–H and O–H groups in total. The van der Waals surface area contributed by atoms with Crippen molar-refractivity contribution in [2.75, 3.05) is 0 Å². The van der Waals surface area contributed by atoms with Crippen molar-refractivity contribution in [2.24, 2.45) is 0 Å². The molecule has 7 heteroatoms. The van der Waals surface area contributed by atoms with E-state index in [-0.39, 0.29) is 12.0 Å². The van der Waals surface area contributed by atoms with Gasteiger partial charge in [0.2, 0.25) is 0 Å². The summed E-state index contributed by atoms with van der Waals surface area (Å²) < 4.78 is 0. The van der Waals surface area contributed by atoms with Crippen LogP contribution in [0.25, 0.3) is 0 Å². The quantitative estimate of drug-likeness (QED) is 0.463. The number of nitrogens with one attached hydrogen (secondary N) is 1. The molecular formula is C12H10N2O5. The fourth-order valence-electron chi connectivity index (χ4n) is 1.38. The van der Waals surface area contributed by atoms with Gasteiger partial charge in [-0.15, -0.1) is 12.3 Å². The first-order valence-electron chi connectivity index (χ1n) is 5.18. The van der Waals surface area contributed by atoms with Gasteiger partial charge < -0.3 is 10.4 Å². The predicted molar refractivity (Wildman–Crippen MR) is 65.4 cm³/mol. The van der Waals surface area contributed by atoms with Gasteiger partial charge in [-0.1, -0.05) is 12.1 Å². The number of carbonyl (C=O) groups excluding carboxylic acids is 1. The number of nitro benzene ring substituents is 1. The lowest BCUT2D eigenvalue weighted by molar-refractivity contribution is -0.385. The molecule has 1 rings (SSSR count). The number of nitrogens with zero attached hydrogens (tertiary/aromatic N) is 1. The maximum absolute atomic E-state index is 11.8. The molecule has 7 nitrogen and oxygen atoms in total. The topological polar surface area (TPSA) is 110 Å². The number of hydrogen-bond donors (Lipinski definition) is 2. The van der Waals surface area contributed by atoms with Crippen LogP contribution in [0.15, 0.2) is 24.3 Å². The standard InChI is InChI=1S/C12H10N2O5/c1-2-5-9(12(16)17)13-11(15)8-6-3-4-7-10(8)14(18)19/h1,3-4,6-7,9H,5H2,(H,13,15)(H,16,17). The van der Waals surface area contributed by atoms with Gasteiger partial charge in [-0.25, -0.2) is 4.79 Å². The summed E-state index contributed by atoms with van der Waals surface area (Å²) in [6.07, 6.45) is 4.78. The number of carboxylic acid groups (broad SMARTS) is 1. The van der Waals surface area contributed by atoms with Crippen LogP contribution in [0, 0.1) is 22.5 Å². The highest BCUT2D eigenvalue weighted by molar-refractivity contribution is 5.99. The van der Waals surface area contributed by atoms with E-state index in [2.05, 4.69) is 11.2 Å². The molecule has 0 bridgehead atoms. The number of terminal acetylenes is 1. The number of para-hydroxylation sites is 1. The van der Waals surface area contributed by atoms with Crippen molar-refractivity contribution < 1.29 is 19.6 Å². The zero-order chi connectivity index (χ0) is 14.4. The molecular weight excluding hydrogens is 252 g/mol. The summed E-state index contributed by atoms with van der Waals surface area (Å²) in [5.74, 6) is -0.0390. The molecule has 0 aliphatic carbocycles. The molecule has 0 spiro atoms. The second kappa shape index (κ2) is 6.16. The Hall–Kier alpha value is -2.88. The summed E-state index contributed by atoms with van der Waals surface area (Å²) in [7, 11) is 0. The largest absolute Gasteiger partial charge is 0.480 e. The fourth-order valence-corrected chi connectivity index (χ4v) is 1.38. The van der Waals surface area contributed by atoms with Gasteiger partial charge in [-0.2, -0.15) is 0 Å². The first-order valence-corrected chi connectivity index (χ1v) is 5.18. The van der Waals surface area contributed by atoms with E-state index < -0.39 is 28.5 Å². The van der Waals surface area contributed by atoms with E-state index in [9.17, 15) is 19.7 Å². The highest BCUT2D eigenvalue weighted by Crippen LogP contribution is 2.17. The van der Waals surface area contributed by atoms with Gasteiger partial charge in [0.05, 0.1) is 4.92 Å². The lowest BCUT2D eigenvalue weighted by Crippen LogP contribution is -2.40. The van der Waals surface area contributed by atoms with Crippen molar-refractivity contribution in [1.82, 2.24) is 5.32 Å². The van der Waals surface area contributed by atoms with E-state index in [1.165, 1.54) is 18.2 Å². The number of benzene rings is 1. The van der Waals surface area contributed by atoms with Gasteiger partial charge in [0.1, 0.15) is 11.6 Å². The monoisotopic (exact) mass is 262 g/mol. The molecule has 19 heavy (non-hydrogen) atoms. The first-order chi connectivity index (χ1) is 8.97. The lowest BCUT2D eigenvalue weighted by atomic mass is 10.1. The normalized spacial score (nSPS) is 11.1. The molecule has 1 aromatic rings. The molecule has 1 atom stereocenters. The summed E-state index contributed by atoms with van der Waals surface area (Å²) in [6, 6.07) is 3.97. The number of rotatable bonds is 5. The van der Waals surface area contributed by atoms with Gasteiger partial charge in [0.25, 0.3) is 11.6 Å². The maximum Gasteiger partial charge on any atom is 0.327 e. The van der Waals surface area contributed by atoms with Crippen molar-refractivity contribution in [3.05, 3.63) is 39.9 Å². The van der Waals surface area contributed by atoms with Crippen LogP contribution in [0.3, 0.4) is 0 Å². The van der Waals surface area contributed by atoms with Crippen LogP contribution >= 0.6 is 0 Å². The molecule has 1 aromatic carbocycles. The van der Waals surface area contributed by atoms with Crippen LogP contribution in [0.5, 0.6) is 0 Å². The third-order valence-electron chi connectivity index (χ3n) is 2.27. The van der Waals surface area contributed by atoms with Crippen LogP contribution in [-0.2, 0) is 4.79 Å². The van der Waals surface area contributed by atoms with Crippen molar-refractivity contribution in [3.8, 4) is 12.3 Å². The summed E-state index contributed by atoms with van der Waals surface area (Å²) in [5.41, 5.74) is -0.611. The maximum atomic E-state index is 11.8. The van der Waals surface area contributed by atoms with E-state index in [0.717, 1.165) is 6.07 Å².